The van der Waals surface area contributed by atoms with E-state index in [1.807, 2.05) is 6.07 Å². The largest absolute Gasteiger partial charge is 0.371 e. The van der Waals surface area contributed by atoms with E-state index in [4.69, 9.17) is 4.98 Å². The van der Waals surface area contributed by atoms with Gasteiger partial charge in [0.05, 0.1) is 0 Å². The van der Waals surface area contributed by atoms with Crippen molar-refractivity contribution < 1.29 is 9.18 Å². The van der Waals surface area contributed by atoms with Crippen LogP contribution in [0.4, 0.5) is 10.2 Å². The molecule has 2 aromatic heterocycles. The summed E-state index contributed by atoms with van der Waals surface area (Å²) >= 11 is 0. The van der Waals surface area contributed by atoms with Crippen molar-refractivity contribution in [3.05, 3.63) is 77.6 Å². The molecular formula is C23H20FN5O. The molecule has 150 valence electrons. The molecular weight excluding hydrogens is 381 g/mol. The Hall–Kier alpha value is -3.61. The SMILES string of the molecule is CNc1ncnn2c(C3CCC3)nc(-c3ccc(C(=O)c4ccccc4)cc3F)c12. The Kier molecular flexibility index (Phi) is 4.50. The van der Waals surface area contributed by atoms with Crippen LogP contribution < -0.4 is 5.32 Å². The summed E-state index contributed by atoms with van der Waals surface area (Å²) in [6, 6.07) is 13.4. The van der Waals surface area contributed by atoms with E-state index >= 15 is 4.39 Å². The average Bonchev–Trinajstić information content (AvgIpc) is 3.11. The lowest BCUT2D eigenvalue weighted by molar-refractivity contribution is 0.103. The number of carbonyl (C=O) groups excluding carboxylic acids is 1. The van der Waals surface area contributed by atoms with Crippen molar-refractivity contribution in [2.24, 2.45) is 0 Å². The first-order chi connectivity index (χ1) is 14.7. The predicted molar refractivity (Wildman–Crippen MR) is 112 cm³/mol. The zero-order valence-corrected chi connectivity index (χ0v) is 16.5. The van der Waals surface area contributed by atoms with Gasteiger partial charge in [-0.1, -0.05) is 42.8 Å². The molecule has 1 saturated carbocycles. The van der Waals surface area contributed by atoms with Gasteiger partial charge >= 0.3 is 0 Å². The highest BCUT2D eigenvalue weighted by atomic mass is 19.1. The fourth-order valence-electron chi connectivity index (χ4n) is 3.86. The summed E-state index contributed by atoms with van der Waals surface area (Å²) in [5.41, 5.74) is 2.28. The highest BCUT2D eigenvalue weighted by Crippen LogP contribution is 2.39. The minimum absolute atomic E-state index is 0.217. The fraction of sp³-hybridized carbons (Fsp3) is 0.217. The van der Waals surface area contributed by atoms with Gasteiger partial charge in [-0.25, -0.2) is 18.9 Å². The van der Waals surface area contributed by atoms with E-state index in [0.29, 0.717) is 39.6 Å². The molecule has 2 aromatic carbocycles. The van der Waals surface area contributed by atoms with Crippen molar-refractivity contribution in [1.29, 1.82) is 0 Å². The number of halogens is 1. The number of nitrogens with zero attached hydrogens (tertiary/aromatic N) is 4. The van der Waals surface area contributed by atoms with Gasteiger partial charge in [-0.3, -0.25) is 4.79 Å². The minimum atomic E-state index is -0.497. The molecule has 0 aliphatic heterocycles. The highest BCUT2D eigenvalue weighted by Gasteiger charge is 2.28. The quantitative estimate of drug-likeness (QED) is 0.500. The van der Waals surface area contributed by atoms with Gasteiger partial charge in [-0.2, -0.15) is 5.10 Å². The zero-order chi connectivity index (χ0) is 20.7. The van der Waals surface area contributed by atoms with Crippen molar-refractivity contribution in [2.45, 2.75) is 25.2 Å². The third-order valence-corrected chi connectivity index (χ3v) is 5.69. The maximum Gasteiger partial charge on any atom is 0.193 e. The maximum atomic E-state index is 15.2. The smallest absolute Gasteiger partial charge is 0.193 e. The van der Waals surface area contributed by atoms with Gasteiger partial charge in [-0.15, -0.1) is 0 Å². The van der Waals surface area contributed by atoms with Crippen molar-refractivity contribution in [3.8, 4) is 11.3 Å². The first-order valence-corrected chi connectivity index (χ1v) is 9.98. The van der Waals surface area contributed by atoms with Crippen LogP contribution in [0.2, 0.25) is 0 Å². The summed E-state index contributed by atoms with van der Waals surface area (Å²) < 4.78 is 17.0. The van der Waals surface area contributed by atoms with Gasteiger partial charge in [0.1, 0.15) is 29.2 Å². The number of carbonyl (C=O) groups is 1. The van der Waals surface area contributed by atoms with E-state index in [0.717, 1.165) is 25.1 Å². The van der Waals surface area contributed by atoms with Gasteiger partial charge in [-0.05, 0) is 25.0 Å². The summed E-state index contributed by atoms with van der Waals surface area (Å²) in [5.74, 6) is 1.01. The summed E-state index contributed by atoms with van der Waals surface area (Å²) in [6.07, 6.45) is 4.73. The molecule has 0 atom stereocenters. The first kappa shape index (κ1) is 18.4. The highest BCUT2D eigenvalue weighted by molar-refractivity contribution is 6.09. The van der Waals surface area contributed by atoms with Crippen molar-refractivity contribution in [2.75, 3.05) is 12.4 Å². The summed E-state index contributed by atoms with van der Waals surface area (Å²) in [6.45, 7) is 0. The summed E-state index contributed by atoms with van der Waals surface area (Å²) in [5, 5.41) is 7.43. The molecule has 30 heavy (non-hydrogen) atoms. The topological polar surface area (TPSA) is 72.2 Å². The summed E-state index contributed by atoms with van der Waals surface area (Å²) in [4.78, 5) is 21.7. The van der Waals surface area contributed by atoms with E-state index in [1.54, 1.807) is 48.0 Å². The van der Waals surface area contributed by atoms with E-state index in [-0.39, 0.29) is 5.78 Å². The molecule has 1 aliphatic carbocycles. The number of benzene rings is 2. The molecule has 2 heterocycles. The van der Waals surface area contributed by atoms with E-state index < -0.39 is 5.82 Å². The molecule has 0 bridgehead atoms. The van der Waals surface area contributed by atoms with Gasteiger partial charge in [0.25, 0.3) is 0 Å². The Morgan fingerprint density at radius 2 is 1.93 bits per heavy atom. The maximum absolute atomic E-state index is 15.2. The molecule has 0 saturated heterocycles. The number of hydrogen-bond acceptors (Lipinski definition) is 5. The predicted octanol–water partition coefficient (Wildman–Crippen LogP) is 4.47. The lowest BCUT2D eigenvalue weighted by Crippen LogP contribution is -2.14. The van der Waals surface area contributed by atoms with Gasteiger partial charge in [0, 0.05) is 29.7 Å². The molecule has 1 fully saturated rings. The van der Waals surface area contributed by atoms with Crippen LogP contribution in [0.1, 0.15) is 46.9 Å². The van der Waals surface area contributed by atoms with Crippen LogP contribution in [0.5, 0.6) is 0 Å². The number of ketones is 1. The number of aromatic nitrogens is 4. The lowest BCUT2D eigenvalue weighted by atomic mass is 9.85. The minimum Gasteiger partial charge on any atom is -0.371 e. The number of imidazole rings is 1. The van der Waals surface area contributed by atoms with Crippen molar-refractivity contribution in [1.82, 2.24) is 19.6 Å². The zero-order valence-electron chi connectivity index (χ0n) is 16.5. The Bertz CT molecular complexity index is 1250. The fourth-order valence-corrected chi connectivity index (χ4v) is 3.86. The van der Waals surface area contributed by atoms with Crippen molar-refractivity contribution >= 4 is 17.1 Å². The second-order valence-corrected chi connectivity index (χ2v) is 7.46. The molecule has 0 amide bonds. The molecule has 1 N–H and O–H groups in total. The van der Waals surface area contributed by atoms with E-state index in [2.05, 4.69) is 15.4 Å². The Morgan fingerprint density at radius 1 is 1.13 bits per heavy atom. The molecule has 0 spiro atoms. The summed E-state index contributed by atoms with van der Waals surface area (Å²) in [7, 11) is 1.76. The lowest BCUT2D eigenvalue weighted by Gasteiger charge is -2.23. The second-order valence-electron chi connectivity index (χ2n) is 7.46. The van der Waals surface area contributed by atoms with Crippen LogP contribution in [-0.4, -0.2) is 32.4 Å². The Balaban J connectivity index is 1.63. The standard InChI is InChI=1S/C23H20FN5O/c1-25-22-20-19(28-23(15-8-5-9-15)29(20)27-13-26-22)17-11-10-16(12-18(17)24)21(30)14-6-3-2-4-7-14/h2-4,6-7,10-13,15H,5,8-9H2,1H3,(H,25,26,27). The number of rotatable bonds is 5. The molecule has 7 heteroatoms. The molecule has 0 radical (unpaired) electrons. The Labute approximate surface area is 172 Å². The van der Waals surface area contributed by atoms with Gasteiger partial charge in [0.15, 0.2) is 11.6 Å². The third-order valence-electron chi connectivity index (χ3n) is 5.69. The number of fused-ring (bicyclic) bond motifs is 1. The molecule has 0 unspecified atom stereocenters. The van der Waals surface area contributed by atoms with Crippen LogP contribution in [0.15, 0.2) is 54.9 Å². The van der Waals surface area contributed by atoms with Crippen LogP contribution in [0.25, 0.3) is 16.8 Å². The average molecular weight is 401 g/mol. The second kappa shape index (κ2) is 7.33. The van der Waals surface area contributed by atoms with Crippen LogP contribution in [-0.2, 0) is 0 Å². The third kappa shape index (κ3) is 2.94. The molecule has 4 aromatic rings. The first-order valence-electron chi connectivity index (χ1n) is 9.98. The molecule has 5 rings (SSSR count). The number of nitrogens with one attached hydrogen (secondary N) is 1. The normalized spacial score (nSPS) is 13.9. The monoisotopic (exact) mass is 401 g/mol. The van der Waals surface area contributed by atoms with E-state index in [1.165, 1.54) is 12.4 Å². The molecule has 1 aliphatic rings. The molecule has 6 nitrogen and oxygen atoms in total. The van der Waals surface area contributed by atoms with Gasteiger partial charge < -0.3 is 5.32 Å². The number of anilines is 1. The Morgan fingerprint density at radius 3 is 2.60 bits per heavy atom. The number of hydrogen-bond donors (Lipinski definition) is 1. The van der Waals surface area contributed by atoms with Gasteiger partial charge in [0.2, 0.25) is 0 Å². The van der Waals surface area contributed by atoms with Crippen LogP contribution in [0, 0.1) is 5.82 Å². The van der Waals surface area contributed by atoms with Crippen LogP contribution in [0.3, 0.4) is 0 Å². The van der Waals surface area contributed by atoms with Crippen molar-refractivity contribution in [3.63, 3.8) is 0 Å². The van der Waals surface area contributed by atoms with E-state index in [9.17, 15) is 4.79 Å². The van der Waals surface area contributed by atoms with Crippen LogP contribution >= 0.6 is 0 Å².